The largest absolute Gasteiger partial charge is 0.0916 e. The molecule has 4 radical (unpaired) electrons. The van der Waals surface area contributed by atoms with E-state index in [2.05, 4.69) is 20.8 Å². The standard InChI is InChI=1S/C17H30B2/c1-16(2,3)17(18,19)15-11-13-7-4-5-8-14(12-15)10-6-9-13/h13-15H,4-12H2,1-3H3. The molecule has 0 amide bonds. The van der Waals surface area contributed by atoms with E-state index in [1.165, 1.54) is 57.8 Å². The van der Waals surface area contributed by atoms with Gasteiger partial charge in [0.1, 0.15) is 0 Å². The number of rotatable bonds is 1. The molecule has 2 atom stereocenters. The van der Waals surface area contributed by atoms with Gasteiger partial charge in [0.15, 0.2) is 0 Å². The first-order chi connectivity index (χ1) is 8.80. The molecule has 3 aliphatic carbocycles. The van der Waals surface area contributed by atoms with Crippen molar-refractivity contribution in [1.29, 1.82) is 0 Å². The van der Waals surface area contributed by atoms with E-state index in [1.807, 2.05) is 0 Å². The molecule has 3 saturated carbocycles. The van der Waals surface area contributed by atoms with Crippen LogP contribution >= 0.6 is 0 Å². The van der Waals surface area contributed by atoms with Gasteiger partial charge < -0.3 is 0 Å². The van der Waals surface area contributed by atoms with Gasteiger partial charge in [0.2, 0.25) is 0 Å². The maximum absolute atomic E-state index is 6.62. The van der Waals surface area contributed by atoms with Crippen LogP contribution in [0.5, 0.6) is 0 Å². The van der Waals surface area contributed by atoms with Crippen molar-refractivity contribution in [1.82, 2.24) is 0 Å². The predicted octanol–water partition coefficient (Wildman–Crippen LogP) is 4.87. The van der Waals surface area contributed by atoms with Gasteiger partial charge in [-0.15, -0.1) is 0 Å². The normalized spacial score (nSPS) is 34.2. The minimum atomic E-state index is -0.523. The van der Waals surface area contributed by atoms with Gasteiger partial charge >= 0.3 is 0 Å². The van der Waals surface area contributed by atoms with Gasteiger partial charge in [-0.2, -0.15) is 0 Å². The van der Waals surface area contributed by atoms with E-state index >= 15 is 0 Å². The Morgan fingerprint density at radius 2 is 1.16 bits per heavy atom. The summed E-state index contributed by atoms with van der Waals surface area (Å²) in [6.07, 6.45) is 12.4. The highest BCUT2D eigenvalue weighted by molar-refractivity contribution is 6.40. The molecule has 3 aliphatic rings. The second-order valence-electron chi connectivity index (χ2n) is 8.30. The van der Waals surface area contributed by atoms with Crippen LogP contribution in [0.15, 0.2) is 0 Å². The second kappa shape index (κ2) is 5.86. The molecule has 0 aliphatic heterocycles. The Balaban J connectivity index is 2.20. The van der Waals surface area contributed by atoms with Crippen molar-refractivity contribution in [3.63, 3.8) is 0 Å². The van der Waals surface area contributed by atoms with E-state index in [-0.39, 0.29) is 5.41 Å². The van der Waals surface area contributed by atoms with E-state index in [4.69, 9.17) is 15.7 Å². The van der Waals surface area contributed by atoms with Crippen molar-refractivity contribution in [3.05, 3.63) is 0 Å². The number of fused-ring (bicyclic) bond motifs is 7. The van der Waals surface area contributed by atoms with Gasteiger partial charge in [0, 0.05) is 0 Å². The van der Waals surface area contributed by atoms with Gasteiger partial charge in [0.05, 0.1) is 15.7 Å². The Morgan fingerprint density at radius 3 is 1.58 bits per heavy atom. The van der Waals surface area contributed by atoms with Gasteiger partial charge in [-0.25, -0.2) is 0 Å². The molecule has 19 heavy (non-hydrogen) atoms. The zero-order chi connectivity index (χ0) is 14.1. The van der Waals surface area contributed by atoms with Gasteiger partial charge in [-0.1, -0.05) is 76.8 Å². The lowest BCUT2D eigenvalue weighted by Crippen LogP contribution is -2.39. The van der Waals surface area contributed by atoms with Crippen LogP contribution in [0.1, 0.15) is 78.6 Å². The van der Waals surface area contributed by atoms with E-state index < -0.39 is 5.21 Å². The highest BCUT2D eigenvalue weighted by Gasteiger charge is 2.41. The summed E-state index contributed by atoms with van der Waals surface area (Å²) < 4.78 is 0. The molecule has 0 aromatic rings. The minimum Gasteiger partial charge on any atom is -0.0916 e. The highest BCUT2D eigenvalue weighted by Crippen LogP contribution is 2.53. The lowest BCUT2D eigenvalue weighted by Gasteiger charge is -2.49. The third kappa shape index (κ3) is 3.61. The van der Waals surface area contributed by atoms with Crippen LogP contribution in [0.3, 0.4) is 0 Å². The molecule has 0 nitrogen and oxygen atoms in total. The van der Waals surface area contributed by atoms with E-state index in [0.29, 0.717) is 5.92 Å². The van der Waals surface area contributed by atoms with Crippen LogP contribution in [0.2, 0.25) is 5.21 Å². The Labute approximate surface area is 123 Å². The Kier molecular flexibility index (Phi) is 4.79. The average Bonchev–Trinajstić information content (AvgIpc) is 2.42. The van der Waals surface area contributed by atoms with Crippen LogP contribution < -0.4 is 0 Å². The maximum atomic E-state index is 6.62. The van der Waals surface area contributed by atoms with E-state index in [0.717, 1.165) is 11.8 Å². The van der Waals surface area contributed by atoms with Gasteiger partial charge in [-0.05, 0) is 30.1 Å². The summed E-state index contributed by atoms with van der Waals surface area (Å²) in [6.45, 7) is 6.61. The average molecular weight is 256 g/mol. The van der Waals surface area contributed by atoms with Crippen molar-refractivity contribution < 1.29 is 0 Å². The van der Waals surface area contributed by atoms with Crippen molar-refractivity contribution in [3.8, 4) is 0 Å². The third-order valence-electron chi connectivity index (χ3n) is 5.91. The monoisotopic (exact) mass is 256 g/mol. The summed E-state index contributed by atoms with van der Waals surface area (Å²) in [4.78, 5) is 0. The van der Waals surface area contributed by atoms with Gasteiger partial charge in [0.25, 0.3) is 0 Å². The third-order valence-corrected chi connectivity index (χ3v) is 5.91. The topological polar surface area (TPSA) is 0 Å². The summed E-state index contributed by atoms with van der Waals surface area (Å²) >= 11 is 0. The predicted molar refractivity (Wildman–Crippen MR) is 85.7 cm³/mol. The first kappa shape index (κ1) is 15.5. The molecule has 0 heterocycles. The molecular weight excluding hydrogens is 226 g/mol. The first-order valence-corrected chi connectivity index (χ1v) is 8.38. The van der Waals surface area contributed by atoms with Crippen LogP contribution in [-0.2, 0) is 0 Å². The SMILES string of the molecule is [B]C([B])(C1CC2CCCCC(CCC2)C1)C(C)(C)C. The summed E-state index contributed by atoms with van der Waals surface area (Å²) in [5.74, 6) is 2.25. The minimum absolute atomic E-state index is 0.0139. The van der Waals surface area contributed by atoms with Crippen molar-refractivity contribution in [2.45, 2.75) is 83.8 Å². The van der Waals surface area contributed by atoms with Crippen molar-refractivity contribution in [2.75, 3.05) is 0 Å². The van der Waals surface area contributed by atoms with Crippen LogP contribution in [-0.4, -0.2) is 15.7 Å². The summed E-state index contributed by atoms with van der Waals surface area (Å²) in [6, 6.07) is 0. The lowest BCUT2D eigenvalue weighted by molar-refractivity contribution is 0.167. The molecule has 104 valence electrons. The molecule has 2 bridgehead atoms. The molecule has 0 spiro atoms. The molecule has 2 unspecified atom stereocenters. The molecule has 0 aromatic heterocycles. The summed E-state index contributed by atoms with van der Waals surface area (Å²) in [5, 5.41) is -0.523. The lowest BCUT2D eigenvalue weighted by atomic mass is 9.37. The Bertz CT molecular complexity index is 270. The first-order valence-electron chi connectivity index (χ1n) is 8.38. The summed E-state index contributed by atoms with van der Waals surface area (Å²) in [5.41, 5.74) is -0.0139. The fraction of sp³-hybridized carbons (Fsp3) is 1.00. The number of hydrogen-bond donors (Lipinski definition) is 0. The fourth-order valence-electron chi connectivity index (χ4n) is 4.22. The Hall–Kier alpha value is 0.130. The van der Waals surface area contributed by atoms with E-state index in [9.17, 15) is 0 Å². The number of hydrogen-bond acceptors (Lipinski definition) is 0. The molecule has 0 saturated heterocycles. The molecule has 2 heteroatoms. The quantitative estimate of drug-likeness (QED) is 0.587. The van der Waals surface area contributed by atoms with Crippen LogP contribution in [0, 0.1) is 23.2 Å². The molecule has 3 fully saturated rings. The Morgan fingerprint density at radius 1 is 0.737 bits per heavy atom. The second-order valence-corrected chi connectivity index (χ2v) is 8.30. The zero-order valence-electron chi connectivity index (χ0n) is 13.3. The van der Waals surface area contributed by atoms with Crippen molar-refractivity contribution in [2.24, 2.45) is 23.2 Å². The van der Waals surface area contributed by atoms with Crippen LogP contribution in [0.4, 0.5) is 0 Å². The summed E-state index contributed by atoms with van der Waals surface area (Å²) in [7, 11) is 13.2. The molecule has 0 aromatic carbocycles. The van der Waals surface area contributed by atoms with Crippen LogP contribution in [0.25, 0.3) is 0 Å². The van der Waals surface area contributed by atoms with E-state index in [1.54, 1.807) is 0 Å². The van der Waals surface area contributed by atoms with Crippen molar-refractivity contribution >= 4 is 15.7 Å². The zero-order valence-corrected chi connectivity index (χ0v) is 13.3. The smallest absolute Gasteiger partial charge is 0.0631 e. The molecule has 0 N–H and O–H groups in total. The molecule has 3 rings (SSSR count). The highest BCUT2D eigenvalue weighted by atomic mass is 14.4. The van der Waals surface area contributed by atoms with Gasteiger partial charge in [-0.3, -0.25) is 0 Å². The molecular formula is C17H30B2. The maximum Gasteiger partial charge on any atom is 0.0631 e. The fourth-order valence-corrected chi connectivity index (χ4v) is 4.22.